The summed E-state index contributed by atoms with van der Waals surface area (Å²) in [6, 6.07) is 0. The molecule has 0 saturated carbocycles. The molecule has 0 aliphatic rings. The maximum absolute atomic E-state index is 4.37. The Balaban J connectivity index is -0.000000167. The van der Waals surface area contributed by atoms with Crippen molar-refractivity contribution in [1.29, 1.82) is 0 Å². The van der Waals surface area contributed by atoms with E-state index in [1.54, 1.807) is 0 Å². The van der Waals surface area contributed by atoms with Crippen LogP contribution in [0, 0.1) is 0 Å². The molecular weight excluding hydrogens is 488 g/mol. The number of likely N-dealkylation sites (N-methyl/N-ethyl adjacent to an activating group) is 4. The monoisotopic (exact) mass is 542 g/mol. The molecule has 180 valence electrons. The van der Waals surface area contributed by atoms with E-state index in [0.29, 0.717) is 34.8 Å². The van der Waals surface area contributed by atoms with E-state index >= 15 is 0 Å². The second-order valence-electron chi connectivity index (χ2n) is 8.24. The summed E-state index contributed by atoms with van der Waals surface area (Å²) >= 11 is 0.625. The van der Waals surface area contributed by atoms with Gasteiger partial charge in [0.2, 0.25) is 0 Å². The molecule has 0 bridgehead atoms. The van der Waals surface area contributed by atoms with Gasteiger partial charge in [0.15, 0.2) is 0 Å². The van der Waals surface area contributed by atoms with Crippen molar-refractivity contribution in [2.45, 2.75) is 34.8 Å². The van der Waals surface area contributed by atoms with Crippen LogP contribution in [-0.2, 0) is 0 Å². The molecule has 0 amide bonds. The van der Waals surface area contributed by atoms with Crippen LogP contribution in [0.25, 0.3) is 10.6 Å². The fourth-order valence-corrected chi connectivity index (χ4v) is 2.81. The van der Waals surface area contributed by atoms with Gasteiger partial charge in [-0.1, -0.05) is 0 Å². The third kappa shape index (κ3) is 63.0. The van der Waals surface area contributed by atoms with Gasteiger partial charge in [-0.3, -0.25) is 0 Å². The van der Waals surface area contributed by atoms with Gasteiger partial charge in [-0.2, -0.15) is 0 Å². The summed E-state index contributed by atoms with van der Waals surface area (Å²) in [5.41, 5.74) is 4.56. The molecule has 0 heterocycles. The molecule has 0 aromatic heterocycles. The molecule has 0 aliphatic carbocycles. The van der Waals surface area contributed by atoms with Gasteiger partial charge in [0.25, 0.3) is 0 Å². The average molecular weight is 544 g/mol. The molecule has 0 radical (unpaired) electrons. The van der Waals surface area contributed by atoms with E-state index in [4.69, 9.17) is 0 Å². The Morgan fingerprint density at radius 3 is 0.800 bits per heavy atom. The molecular formula is C22H56Ga2N6. The van der Waals surface area contributed by atoms with Gasteiger partial charge >= 0.3 is 69.6 Å². The van der Waals surface area contributed by atoms with Crippen molar-refractivity contribution in [3.63, 3.8) is 0 Å². The van der Waals surface area contributed by atoms with Gasteiger partial charge < -0.3 is 30.2 Å². The second-order valence-corrected chi connectivity index (χ2v) is 15.3. The fraction of sp³-hybridized carbons (Fsp3) is 1.00. The summed E-state index contributed by atoms with van der Waals surface area (Å²) in [6.45, 7) is 12.7. The van der Waals surface area contributed by atoms with Crippen molar-refractivity contribution < 1.29 is 0 Å². The van der Waals surface area contributed by atoms with Crippen molar-refractivity contribution in [3.05, 3.63) is 10.6 Å². The Morgan fingerprint density at radius 2 is 0.700 bits per heavy atom. The van der Waals surface area contributed by atoms with Crippen molar-refractivity contribution in [2.75, 3.05) is 109 Å². The van der Waals surface area contributed by atoms with E-state index in [2.05, 4.69) is 111 Å². The van der Waals surface area contributed by atoms with Gasteiger partial charge in [0, 0.05) is 0 Å². The van der Waals surface area contributed by atoms with Crippen molar-refractivity contribution >= 4 is 34.8 Å². The Hall–Kier alpha value is 1.03. The molecule has 0 unspecified atom stereocenters. The van der Waals surface area contributed by atoms with Crippen LogP contribution >= 0.6 is 0 Å². The zero-order valence-corrected chi connectivity index (χ0v) is 27.8. The summed E-state index contributed by atoms with van der Waals surface area (Å²) in [6.07, 6.45) is 0. The molecule has 8 heteroatoms. The van der Waals surface area contributed by atoms with Crippen LogP contribution in [0.2, 0.25) is 20.9 Å². The van der Waals surface area contributed by atoms with E-state index in [0.717, 1.165) is 52.4 Å². The molecule has 0 N–H and O–H groups in total. The van der Waals surface area contributed by atoms with Gasteiger partial charge in [-0.15, -0.1) is 26.2 Å². The minimum atomic E-state index is 0.312. The summed E-state index contributed by atoms with van der Waals surface area (Å²) in [4.78, 5) is 11.6. The molecule has 0 aromatic rings. The molecule has 0 rings (SSSR count). The summed E-state index contributed by atoms with van der Waals surface area (Å²) in [7, 11) is 16.6. The first-order valence-electron chi connectivity index (χ1n) is 11.5. The quantitative estimate of drug-likeness (QED) is 0.249. The van der Waals surface area contributed by atoms with E-state index < -0.39 is 0 Å². The van der Waals surface area contributed by atoms with Crippen molar-refractivity contribution in [1.82, 2.24) is 19.6 Å². The molecule has 30 heavy (non-hydrogen) atoms. The summed E-state index contributed by atoms with van der Waals surface area (Å²) in [5, 5.41) is 8.74. The first kappa shape index (κ1) is 38.3. The molecule has 0 aromatic carbocycles. The molecule has 0 fully saturated rings. The first-order valence-corrected chi connectivity index (χ1v) is 19.8. The maximum atomic E-state index is 4.37. The predicted octanol–water partition coefficient (Wildman–Crippen LogP) is 3.32. The Labute approximate surface area is 207 Å². The topological polar surface area (TPSA) is 41.2 Å². The number of nitrogens with zero attached hydrogens (tertiary/aromatic N) is 6. The predicted molar refractivity (Wildman–Crippen MR) is 145 cm³/mol. The van der Waals surface area contributed by atoms with Crippen LogP contribution in [0.1, 0.15) is 13.8 Å². The van der Waals surface area contributed by atoms with E-state index in [1.165, 1.54) is 9.95 Å². The number of hydrogen-bond donors (Lipinski definition) is 0. The van der Waals surface area contributed by atoms with Crippen LogP contribution in [0.4, 0.5) is 0 Å². The number of hydrogen-bond acceptors (Lipinski definition) is 4. The fourth-order valence-electron chi connectivity index (χ4n) is 1.60. The van der Waals surface area contributed by atoms with Crippen LogP contribution in [0.3, 0.4) is 0 Å². The van der Waals surface area contributed by atoms with Gasteiger partial charge in [-0.05, 0) is 82.6 Å². The van der Waals surface area contributed by atoms with Crippen LogP contribution < -0.4 is 0 Å². The van der Waals surface area contributed by atoms with Crippen molar-refractivity contribution in [2.24, 2.45) is 0 Å². The van der Waals surface area contributed by atoms with E-state index in [9.17, 15) is 0 Å². The zero-order chi connectivity index (χ0) is 24.2. The molecule has 0 atom stereocenters. The Morgan fingerprint density at radius 1 is 0.500 bits per heavy atom. The second kappa shape index (κ2) is 34.6. The standard InChI is InChI=1S/2C8H20N3.2C2H5.2CH3.2Ga/c2*1-10(2)7-5-9-6-8-11(3)4;2*1-2;;;;/h2*5-8H2,1-4H3;2*1H2,2H3;2*1H3;;/q2*-1;;;;;2*+1. The molecule has 6 nitrogen and oxygen atoms in total. The molecule has 0 saturated heterocycles. The van der Waals surface area contributed by atoms with Crippen LogP contribution in [0.15, 0.2) is 0 Å². The number of rotatable bonds is 14. The third-order valence-electron chi connectivity index (χ3n) is 3.40. The van der Waals surface area contributed by atoms with Crippen molar-refractivity contribution in [3.8, 4) is 0 Å². The Kier molecular flexibility index (Phi) is 44.2. The first-order chi connectivity index (χ1) is 14.1. The Bertz CT molecular complexity index is 224. The van der Waals surface area contributed by atoms with Gasteiger partial charge in [0.05, 0.1) is 0 Å². The average Bonchev–Trinajstić information content (AvgIpc) is 2.62. The molecule has 0 aliphatic heterocycles. The molecule has 0 spiro atoms. The van der Waals surface area contributed by atoms with E-state index in [1.807, 2.05) is 0 Å². The third-order valence-corrected chi connectivity index (χ3v) is 5.82. The minimum absolute atomic E-state index is 0.312. The van der Waals surface area contributed by atoms with E-state index in [-0.39, 0.29) is 0 Å². The normalized spacial score (nSPS) is 9.87. The summed E-state index contributed by atoms with van der Waals surface area (Å²) < 4.78 is 0. The van der Waals surface area contributed by atoms with Crippen LogP contribution in [-0.4, -0.2) is 163 Å². The van der Waals surface area contributed by atoms with Crippen LogP contribution in [0.5, 0.6) is 0 Å². The zero-order valence-electron chi connectivity index (χ0n) is 22.9. The van der Waals surface area contributed by atoms with Gasteiger partial charge in [0.1, 0.15) is 0 Å². The van der Waals surface area contributed by atoms with Gasteiger partial charge in [-0.25, -0.2) is 0 Å². The summed E-state index contributed by atoms with van der Waals surface area (Å²) in [5.74, 6) is 0. The SMILES string of the molecule is CN(C)CC[N-]CCN(C)C.CN(C)CC[N-]CCN(C)C.C[CH2][Ga+][CH2]C.[CH3][Ga+][CH3].